The van der Waals surface area contributed by atoms with Crippen molar-refractivity contribution in [2.45, 2.75) is 13.5 Å². The molecule has 8 heteroatoms. The normalized spacial score (nSPS) is 11.2. The Balaban J connectivity index is 1.43. The van der Waals surface area contributed by atoms with Crippen molar-refractivity contribution >= 4 is 33.6 Å². The van der Waals surface area contributed by atoms with Gasteiger partial charge in [0.2, 0.25) is 0 Å². The number of hydrogen-bond donors (Lipinski definition) is 1. The van der Waals surface area contributed by atoms with Gasteiger partial charge in [-0.05, 0) is 48.4 Å². The molecule has 4 aromatic heterocycles. The summed E-state index contributed by atoms with van der Waals surface area (Å²) in [6, 6.07) is 22.0. The van der Waals surface area contributed by atoms with Crippen LogP contribution in [0.2, 0.25) is 0 Å². The summed E-state index contributed by atoms with van der Waals surface area (Å²) in [5, 5.41) is 8.93. The molecule has 2 aromatic carbocycles. The fourth-order valence-electron chi connectivity index (χ4n) is 4.37. The molecule has 1 amide bonds. The van der Waals surface area contributed by atoms with Crippen LogP contribution in [-0.4, -0.2) is 25.7 Å². The average Bonchev–Trinajstić information content (AvgIpc) is 3.31. The topological polar surface area (TPSA) is 103 Å². The lowest BCUT2D eigenvalue weighted by atomic mass is 10.1. The minimum atomic E-state index is -0.432. The van der Waals surface area contributed by atoms with Crippen LogP contribution in [0.3, 0.4) is 0 Å². The highest BCUT2D eigenvalue weighted by molar-refractivity contribution is 6.13. The minimum absolute atomic E-state index is 0.317. The second-order valence-electron chi connectivity index (χ2n) is 8.73. The van der Waals surface area contributed by atoms with Crippen molar-refractivity contribution in [2.24, 2.45) is 0 Å². The maximum atomic E-state index is 13.6. The van der Waals surface area contributed by atoms with E-state index in [1.807, 2.05) is 55.5 Å². The first kappa shape index (κ1) is 22.4. The van der Waals surface area contributed by atoms with Gasteiger partial charge in [-0.25, -0.2) is 14.5 Å². The molecule has 0 aliphatic heterocycles. The number of fused-ring (bicyclic) bond motifs is 2. The summed E-state index contributed by atoms with van der Waals surface area (Å²) in [6.07, 6.45) is 5.13. The Morgan fingerprint density at radius 3 is 2.59 bits per heavy atom. The summed E-state index contributed by atoms with van der Waals surface area (Å²) in [5.74, 6) is -0.317. The number of nitrogens with zero attached hydrogens (tertiary/aromatic N) is 4. The summed E-state index contributed by atoms with van der Waals surface area (Å²) >= 11 is 0. The molecule has 0 spiro atoms. The number of hydrogen-bond acceptors (Lipinski definition) is 6. The molecule has 0 radical (unpaired) electrons. The van der Waals surface area contributed by atoms with Crippen LogP contribution in [0.1, 0.15) is 21.5 Å². The van der Waals surface area contributed by atoms with Gasteiger partial charge in [0.05, 0.1) is 29.4 Å². The third-order valence-corrected chi connectivity index (χ3v) is 6.21. The van der Waals surface area contributed by atoms with Gasteiger partial charge >= 0.3 is 5.63 Å². The van der Waals surface area contributed by atoms with Crippen molar-refractivity contribution in [3.8, 4) is 11.3 Å². The number of aryl methyl sites for hydroxylation is 1. The third kappa shape index (κ3) is 4.36. The zero-order valence-electron chi connectivity index (χ0n) is 19.9. The van der Waals surface area contributed by atoms with Crippen molar-refractivity contribution in [3.05, 3.63) is 118 Å². The second-order valence-corrected chi connectivity index (χ2v) is 8.73. The largest absolute Gasteiger partial charge is 0.423 e. The van der Waals surface area contributed by atoms with E-state index in [0.29, 0.717) is 40.1 Å². The molecule has 0 bridgehead atoms. The van der Waals surface area contributed by atoms with Crippen LogP contribution in [0.5, 0.6) is 0 Å². The smallest absolute Gasteiger partial charge is 0.336 e. The second kappa shape index (κ2) is 9.16. The van der Waals surface area contributed by atoms with Gasteiger partial charge in [-0.1, -0.05) is 30.3 Å². The van der Waals surface area contributed by atoms with E-state index >= 15 is 0 Å². The van der Waals surface area contributed by atoms with E-state index in [1.165, 1.54) is 6.07 Å². The number of nitrogens with one attached hydrogen (secondary N) is 1. The van der Waals surface area contributed by atoms with Crippen LogP contribution in [0, 0.1) is 6.92 Å². The van der Waals surface area contributed by atoms with Gasteiger partial charge in [-0.15, -0.1) is 0 Å². The molecule has 1 N–H and O–H groups in total. The molecule has 6 rings (SSSR count). The van der Waals surface area contributed by atoms with Crippen LogP contribution in [0.25, 0.3) is 33.3 Å². The first-order valence-electron chi connectivity index (χ1n) is 11.7. The standard InChI is InChI=1S/C29H21N5O3/c1-18-13-27(35)37-26-14-21(7-8-22(18)26)32-29(36)23-15-25(20-5-3-2-4-6-20)33-28-24(23)16-31-34(28)17-19-9-11-30-12-10-19/h2-16H,17H2,1H3,(H,32,36). The van der Waals surface area contributed by atoms with E-state index in [1.54, 1.807) is 41.5 Å². The van der Waals surface area contributed by atoms with Gasteiger partial charge in [0.15, 0.2) is 5.65 Å². The molecule has 0 fully saturated rings. The highest BCUT2D eigenvalue weighted by Gasteiger charge is 2.18. The average molecular weight is 488 g/mol. The van der Waals surface area contributed by atoms with Gasteiger partial charge in [0.1, 0.15) is 5.58 Å². The Bertz CT molecular complexity index is 1830. The van der Waals surface area contributed by atoms with E-state index < -0.39 is 5.63 Å². The highest BCUT2D eigenvalue weighted by Crippen LogP contribution is 2.27. The molecule has 0 aliphatic rings. The quantitative estimate of drug-likeness (QED) is 0.335. The summed E-state index contributed by atoms with van der Waals surface area (Å²) in [4.78, 5) is 34.4. The minimum Gasteiger partial charge on any atom is -0.423 e. The highest BCUT2D eigenvalue weighted by atomic mass is 16.4. The van der Waals surface area contributed by atoms with E-state index in [0.717, 1.165) is 22.1 Å². The maximum Gasteiger partial charge on any atom is 0.336 e. The van der Waals surface area contributed by atoms with Crippen LogP contribution >= 0.6 is 0 Å². The molecule has 4 heterocycles. The van der Waals surface area contributed by atoms with E-state index in [2.05, 4.69) is 15.4 Å². The number of carbonyl (C=O) groups excluding carboxylic acids is 1. The molecular weight excluding hydrogens is 466 g/mol. The predicted octanol–water partition coefficient (Wildman–Crippen LogP) is 5.21. The molecule has 37 heavy (non-hydrogen) atoms. The number of amides is 1. The lowest BCUT2D eigenvalue weighted by Gasteiger charge is -2.11. The fraction of sp³-hybridized carbons (Fsp3) is 0.0690. The lowest BCUT2D eigenvalue weighted by Crippen LogP contribution is -2.13. The Hall–Kier alpha value is -5.11. The third-order valence-electron chi connectivity index (χ3n) is 6.21. The molecule has 0 saturated carbocycles. The van der Waals surface area contributed by atoms with Crippen molar-refractivity contribution in [1.82, 2.24) is 19.7 Å². The number of carbonyl (C=O) groups is 1. The molecule has 180 valence electrons. The zero-order chi connectivity index (χ0) is 25.4. The Morgan fingerprint density at radius 2 is 1.78 bits per heavy atom. The first-order chi connectivity index (χ1) is 18.0. The molecule has 0 saturated heterocycles. The number of anilines is 1. The number of benzene rings is 2. The van der Waals surface area contributed by atoms with Crippen molar-refractivity contribution in [2.75, 3.05) is 5.32 Å². The van der Waals surface area contributed by atoms with E-state index in [9.17, 15) is 9.59 Å². The summed E-state index contributed by atoms with van der Waals surface area (Å²) in [7, 11) is 0. The molecular formula is C29H21N5O3. The van der Waals surface area contributed by atoms with E-state index in [4.69, 9.17) is 9.40 Å². The van der Waals surface area contributed by atoms with Crippen molar-refractivity contribution < 1.29 is 9.21 Å². The number of aromatic nitrogens is 4. The molecule has 0 unspecified atom stereocenters. The molecule has 8 nitrogen and oxygen atoms in total. The lowest BCUT2D eigenvalue weighted by molar-refractivity contribution is 0.102. The first-order valence-corrected chi connectivity index (χ1v) is 11.7. The molecule has 0 aliphatic carbocycles. The van der Waals surface area contributed by atoms with Gasteiger partial charge < -0.3 is 9.73 Å². The van der Waals surface area contributed by atoms with Crippen molar-refractivity contribution in [3.63, 3.8) is 0 Å². The Labute approximate surface area is 211 Å². The summed E-state index contributed by atoms with van der Waals surface area (Å²) in [5.41, 5.74) is 4.92. The van der Waals surface area contributed by atoms with Gasteiger partial charge in [0.25, 0.3) is 5.91 Å². The predicted molar refractivity (Wildman–Crippen MR) is 141 cm³/mol. The maximum absolute atomic E-state index is 13.6. The van der Waals surface area contributed by atoms with Crippen molar-refractivity contribution in [1.29, 1.82) is 0 Å². The summed E-state index contributed by atoms with van der Waals surface area (Å²) < 4.78 is 7.12. The van der Waals surface area contributed by atoms with Crippen LogP contribution in [0.15, 0.2) is 101 Å². The molecule has 0 atom stereocenters. The summed E-state index contributed by atoms with van der Waals surface area (Å²) in [6.45, 7) is 2.33. The van der Waals surface area contributed by atoms with Crippen LogP contribution < -0.4 is 10.9 Å². The van der Waals surface area contributed by atoms with Gasteiger partial charge in [-0.3, -0.25) is 9.78 Å². The van der Waals surface area contributed by atoms with Crippen LogP contribution in [0.4, 0.5) is 5.69 Å². The fourth-order valence-corrected chi connectivity index (χ4v) is 4.37. The van der Waals surface area contributed by atoms with Crippen LogP contribution in [-0.2, 0) is 6.54 Å². The number of pyridine rings is 2. The van der Waals surface area contributed by atoms with Gasteiger partial charge in [-0.2, -0.15) is 5.10 Å². The monoisotopic (exact) mass is 487 g/mol. The van der Waals surface area contributed by atoms with Gasteiger partial charge in [0, 0.05) is 41.2 Å². The zero-order valence-corrected chi connectivity index (χ0v) is 19.9. The molecule has 6 aromatic rings. The SMILES string of the molecule is Cc1cc(=O)oc2cc(NC(=O)c3cc(-c4ccccc4)nc4c3cnn4Cc3ccncc3)ccc12. The van der Waals surface area contributed by atoms with E-state index in [-0.39, 0.29) is 5.91 Å². The Morgan fingerprint density at radius 1 is 0.973 bits per heavy atom. The number of rotatable bonds is 5. The Kier molecular flexibility index (Phi) is 5.54.